The second kappa shape index (κ2) is 5.83. The molecule has 3 unspecified atom stereocenters. The van der Waals surface area contributed by atoms with Gasteiger partial charge in [0.25, 0.3) is 0 Å². The number of aliphatic hydroxyl groups excluding tert-OH is 1. The fourth-order valence-corrected chi connectivity index (χ4v) is 2.06. The Kier molecular flexibility index (Phi) is 5.62. The molecule has 4 nitrogen and oxygen atoms in total. The lowest BCUT2D eigenvalue weighted by Crippen LogP contribution is -2.42. The molecule has 0 saturated heterocycles. The van der Waals surface area contributed by atoms with Gasteiger partial charge in [0.1, 0.15) is 0 Å². The van der Waals surface area contributed by atoms with E-state index in [1.165, 1.54) is 0 Å². The van der Waals surface area contributed by atoms with E-state index in [1.54, 1.807) is 13.8 Å². The third-order valence-corrected chi connectivity index (χ3v) is 3.89. The molecule has 3 atom stereocenters. The van der Waals surface area contributed by atoms with Gasteiger partial charge in [-0.3, -0.25) is 0 Å². The van der Waals surface area contributed by atoms with E-state index in [0.29, 0.717) is 12.8 Å². The number of hydrogen-bond acceptors (Lipinski definition) is 4. The van der Waals surface area contributed by atoms with Gasteiger partial charge in [0, 0.05) is 0 Å². The predicted octanol–water partition coefficient (Wildman–Crippen LogP) is 2.85. The Balaban J connectivity index is 5.03. The third-order valence-electron chi connectivity index (χ3n) is 3.89. The predicted molar refractivity (Wildman–Crippen MR) is 66.4 cm³/mol. The summed E-state index contributed by atoms with van der Waals surface area (Å²) >= 11 is 0. The van der Waals surface area contributed by atoms with Crippen LogP contribution in [0, 0.1) is 16.7 Å². The molecule has 0 aromatic carbocycles. The van der Waals surface area contributed by atoms with Crippen molar-refractivity contribution in [3.8, 4) is 0 Å². The molecule has 0 aromatic heterocycles. The number of rotatable bonds is 5. The molecule has 0 amide bonds. The van der Waals surface area contributed by atoms with Crippen LogP contribution in [0.4, 0.5) is 0 Å². The third kappa shape index (κ3) is 4.28. The smallest absolute Gasteiger partial charge is 0.348 e. The van der Waals surface area contributed by atoms with Crippen molar-refractivity contribution in [1.82, 2.24) is 0 Å². The molecule has 0 radical (unpaired) electrons. The Labute approximate surface area is 104 Å². The second-order valence-electron chi connectivity index (χ2n) is 6.27. The van der Waals surface area contributed by atoms with Crippen molar-refractivity contribution in [2.24, 2.45) is 16.7 Å². The highest BCUT2D eigenvalue weighted by Crippen LogP contribution is 2.44. The van der Waals surface area contributed by atoms with Crippen molar-refractivity contribution in [3.05, 3.63) is 0 Å². The SMILES string of the molecule is CC(O)CCC(C)(C(=O)OO)C(C)C(C)(C)C. The molecule has 4 heteroatoms. The highest BCUT2D eigenvalue weighted by Gasteiger charge is 2.45. The van der Waals surface area contributed by atoms with Gasteiger partial charge in [0.15, 0.2) is 0 Å². The topological polar surface area (TPSA) is 66.8 Å². The minimum atomic E-state index is -0.788. The first-order valence-electron chi connectivity index (χ1n) is 6.09. The molecule has 17 heavy (non-hydrogen) atoms. The fraction of sp³-hybridized carbons (Fsp3) is 0.923. The maximum atomic E-state index is 11.8. The van der Waals surface area contributed by atoms with Crippen LogP contribution < -0.4 is 0 Å². The first kappa shape index (κ1) is 16.4. The first-order chi connectivity index (χ1) is 7.55. The van der Waals surface area contributed by atoms with Crippen LogP contribution in [0.15, 0.2) is 0 Å². The summed E-state index contributed by atoms with van der Waals surface area (Å²) in [5.74, 6) is -0.603. The molecule has 0 bridgehead atoms. The summed E-state index contributed by atoms with van der Waals surface area (Å²) in [7, 11) is 0. The Hall–Kier alpha value is -0.610. The molecule has 0 spiro atoms. The summed E-state index contributed by atoms with van der Waals surface area (Å²) in [6, 6.07) is 0. The lowest BCUT2D eigenvalue weighted by molar-refractivity contribution is -0.249. The van der Waals surface area contributed by atoms with Gasteiger partial charge in [0.2, 0.25) is 0 Å². The van der Waals surface area contributed by atoms with Gasteiger partial charge in [-0.1, -0.05) is 27.7 Å². The van der Waals surface area contributed by atoms with Gasteiger partial charge in [-0.05, 0) is 38.0 Å². The van der Waals surface area contributed by atoms with Gasteiger partial charge in [-0.2, -0.15) is 5.26 Å². The van der Waals surface area contributed by atoms with Crippen molar-refractivity contribution in [2.75, 3.05) is 0 Å². The molecule has 0 aliphatic heterocycles. The number of carbonyl (C=O) groups excluding carboxylic acids is 1. The lowest BCUT2D eigenvalue weighted by Gasteiger charge is -2.40. The fourth-order valence-electron chi connectivity index (χ4n) is 2.06. The van der Waals surface area contributed by atoms with Crippen LogP contribution in [0.1, 0.15) is 54.4 Å². The minimum absolute atomic E-state index is 0.0217. The quantitative estimate of drug-likeness (QED) is 0.578. The normalized spacial score (nSPS) is 19.3. The average molecular weight is 246 g/mol. The zero-order valence-electron chi connectivity index (χ0n) is 11.8. The number of aliphatic hydroxyl groups is 1. The molecular formula is C13H26O4. The van der Waals surface area contributed by atoms with Crippen LogP contribution in [0.25, 0.3) is 0 Å². The van der Waals surface area contributed by atoms with Crippen molar-refractivity contribution in [1.29, 1.82) is 0 Å². The van der Waals surface area contributed by atoms with Gasteiger partial charge in [-0.25, -0.2) is 4.79 Å². The first-order valence-corrected chi connectivity index (χ1v) is 6.09. The number of hydrogen-bond donors (Lipinski definition) is 2. The highest BCUT2D eigenvalue weighted by molar-refractivity contribution is 5.76. The molecule has 0 fully saturated rings. The van der Waals surface area contributed by atoms with Crippen LogP contribution in [0.2, 0.25) is 0 Å². The standard InChI is InChI=1S/C13H26O4/c1-9(14)7-8-13(6,11(15)17-16)10(2)12(3,4)5/h9-10,14,16H,7-8H2,1-6H3. The van der Waals surface area contributed by atoms with Crippen molar-refractivity contribution in [3.63, 3.8) is 0 Å². The van der Waals surface area contributed by atoms with Crippen LogP contribution in [0.3, 0.4) is 0 Å². The Morgan fingerprint density at radius 2 is 1.71 bits per heavy atom. The van der Waals surface area contributed by atoms with Crippen molar-refractivity contribution < 1.29 is 20.0 Å². The molecule has 0 aromatic rings. The minimum Gasteiger partial charge on any atom is -0.393 e. The summed E-state index contributed by atoms with van der Waals surface area (Å²) in [4.78, 5) is 15.7. The second-order valence-corrected chi connectivity index (χ2v) is 6.27. The van der Waals surface area contributed by atoms with Gasteiger partial charge < -0.3 is 9.99 Å². The average Bonchev–Trinajstić information content (AvgIpc) is 2.22. The molecule has 0 saturated carbocycles. The van der Waals surface area contributed by atoms with Gasteiger partial charge >= 0.3 is 5.97 Å². The van der Waals surface area contributed by atoms with E-state index in [-0.39, 0.29) is 11.3 Å². The molecule has 0 heterocycles. The summed E-state index contributed by atoms with van der Waals surface area (Å²) in [5.41, 5.74) is -0.869. The van der Waals surface area contributed by atoms with Gasteiger partial charge in [-0.15, -0.1) is 0 Å². The summed E-state index contributed by atoms with van der Waals surface area (Å²) in [6.45, 7) is 11.6. The number of carbonyl (C=O) groups is 1. The van der Waals surface area contributed by atoms with Gasteiger partial charge in [0.05, 0.1) is 11.5 Å². The molecule has 0 aliphatic rings. The highest BCUT2D eigenvalue weighted by atomic mass is 17.1. The van der Waals surface area contributed by atoms with E-state index in [2.05, 4.69) is 4.89 Å². The molecule has 2 N–H and O–H groups in total. The van der Waals surface area contributed by atoms with Crippen molar-refractivity contribution >= 4 is 5.97 Å². The van der Waals surface area contributed by atoms with E-state index in [1.807, 2.05) is 27.7 Å². The van der Waals surface area contributed by atoms with E-state index >= 15 is 0 Å². The summed E-state index contributed by atoms with van der Waals surface area (Å²) < 4.78 is 0. The van der Waals surface area contributed by atoms with E-state index in [4.69, 9.17) is 5.26 Å². The zero-order chi connectivity index (χ0) is 13.9. The van der Waals surface area contributed by atoms with Crippen LogP contribution >= 0.6 is 0 Å². The molecule has 0 aliphatic carbocycles. The molecule has 102 valence electrons. The largest absolute Gasteiger partial charge is 0.393 e. The van der Waals surface area contributed by atoms with Crippen LogP contribution in [-0.4, -0.2) is 22.4 Å². The molecular weight excluding hydrogens is 220 g/mol. The lowest BCUT2D eigenvalue weighted by atomic mass is 9.63. The van der Waals surface area contributed by atoms with E-state index in [0.717, 1.165) is 0 Å². The maximum Gasteiger partial charge on any atom is 0.348 e. The summed E-state index contributed by atoms with van der Waals surface area (Å²) in [6.07, 6.45) is 0.530. The molecule has 0 rings (SSSR count). The Bertz CT molecular complexity index is 255. The van der Waals surface area contributed by atoms with Crippen LogP contribution in [-0.2, 0) is 9.68 Å². The Morgan fingerprint density at radius 3 is 2.00 bits per heavy atom. The Morgan fingerprint density at radius 1 is 1.24 bits per heavy atom. The maximum absolute atomic E-state index is 11.8. The zero-order valence-corrected chi connectivity index (χ0v) is 11.8. The van der Waals surface area contributed by atoms with E-state index < -0.39 is 17.5 Å². The van der Waals surface area contributed by atoms with E-state index in [9.17, 15) is 9.90 Å². The summed E-state index contributed by atoms with van der Waals surface area (Å²) in [5, 5.41) is 18.0. The van der Waals surface area contributed by atoms with Crippen LogP contribution in [0.5, 0.6) is 0 Å². The van der Waals surface area contributed by atoms with Crippen molar-refractivity contribution in [2.45, 2.75) is 60.5 Å². The monoisotopic (exact) mass is 246 g/mol.